The third-order valence-electron chi connectivity index (χ3n) is 5.48. The number of nitrogens with one attached hydrogen (secondary N) is 2. The second kappa shape index (κ2) is 17.2. The van der Waals surface area contributed by atoms with Crippen molar-refractivity contribution in [3.63, 3.8) is 0 Å². The van der Waals surface area contributed by atoms with Crippen LogP contribution >= 0.6 is 0 Å². The highest BCUT2D eigenvalue weighted by Gasteiger charge is 2.24. The van der Waals surface area contributed by atoms with E-state index in [0.29, 0.717) is 6.01 Å². The number of hydrogen-bond donors (Lipinski definition) is 2. The molecule has 0 amide bonds. The Bertz CT molecular complexity index is 564. The second-order valence-corrected chi connectivity index (χ2v) is 7.99. The number of unbranched alkanes of at least 4 members (excludes halogenated alkanes) is 2. The van der Waals surface area contributed by atoms with E-state index in [1.807, 2.05) is 13.8 Å². The molecule has 7 heteroatoms. The van der Waals surface area contributed by atoms with Crippen LogP contribution in [0.1, 0.15) is 71.1 Å². The van der Waals surface area contributed by atoms with Crippen molar-refractivity contribution in [3.8, 4) is 6.01 Å². The van der Waals surface area contributed by atoms with E-state index in [-0.39, 0.29) is 0 Å². The highest BCUT2D eigenvalue weighted by Crippen LogP contribution is 2.28. The van der Waals surface area contributed by atoms with Crippen molar-refractivity contribution in [3.05, 3.63) is 11.3 Å². The highest BCUT2D eigenvalue weighted by molar-refractivity contribution is 5.51. The number of rotatable bonds is 4. The molecule has 7 nitrogen and oxygen atoms in total. The Balaban J connectivity index is 0.000000330. The summed E-state index contributed by atoms with van der Waals surface area (Å²) in [6, 6.07) is 0.489. The molecule has 3 aliphatic heterocycles. The summed E-state index contributed by atoms with van der Waals surface area (Å²) in [5.41, 5.74) is 2.43. The Morgan fingerprint density at radius 2 is 1.52 bits per heavy atom. The number of likely N-dealkylation sites (N-methyl/N-ethyl adjacent to an activating group) is 1. The lowest BCUT2D eigenvalue weighted by Gasteiger charge is -2.33. The van der Waals surface area contributed by atoms with E-state index in [4.69, 9.17) is 4.74 Å². The van der Waals surface area contributed by atoms with Gasteiger partial charge in [-0.2, -0.15) is 9.97 Å². The van der Waals surface area contributed by atoms with Crippen molar-refractivity contribution >= 4 is 5.82 Å². The molecule has 0 radical (unpaired) electrons. The van der Waals surface area contributed by atoms with Gasteiger partial charge in [-0.05, 0) is 39.4 Å². The molecular weight excluding hydrogens is 388 g/mol. The predicted octanol–water partition coefficient (Wildman–Crippen LogP) is 3.48. The molecule has 180 valence electrons. The minimum Gasteiger partial charge on any atom is -0.467 e. The van der Waals surface area contributed by atoms with E-state index in [0.717, 1.165) is 57.2 Å². The summed E-state index contributed by atoms with van der Waals surface area (Å²) in [6.45, 7) is 16.9. The van der Waals surface area contributed by atoms with Crippen molar-refractivity contribution in [1.82, 2.24) is 25.5 Å². The maximum atomic E-state index is 5.26. The van der Waals surface area contributed by atoms with Gasteiger partial charge in [0.05, 0.1) is 12.8 Å². The van der Waals surface area contributed by atoms with Gasteiger partial charge in [0.15, 0.2) is 0 Å². The van der Waals surface area contributed by atoms with E-state index >= 15 is 0 Å². The molecule has 0 unspecified atom stereocenters. The largest absolute Gasteiger partial charge is 0.467 e. The summed E-state index contributed by atoms with van der Waals surface area (Å²) in [5, 5.41) is 6.60. The van der Waals surface area contributed by atoms with E-state index in [9.17, 15) is 0 Å². The van der Waals surface area contributed by atoms with Crippen LogP contribution in [-0.4, -0.2) is 74.8 Å². The zero-order valence-corrected chi connectivity index (χ0v) is 21.1. The van der Waals surface area contributed by atoms with E-state index < -0.39 is 0 Å². The average molecular weight is 437 g/mol. The van der Waals surface area contributed by atoms with Crippen LogP contribution in [-0.2, 0) is 13.0 Å². The summed E-state index contributed by atoms with van der Waals surface area (Å²) in [4.78, 5) is 13.8. The quantitative estimate of drug-likeness (QED) is 0.749. The molecule has 4 heterocycles. The van der Waals surface area contributed by atoms with Gasteiger partial charge in [0.1, 0.15) is 5.82 Å². The summed E-state index contributed by atoms with van der Waals surface area (Å²) in [7, 11) is 3.76. The van der Waals surface area contributed by atoms with Crippen LogP contribution in [0.15, 0.2) is 0 Å². The van der Waals surface area contributed by atoms with Gasteiger partial charge in [-0.25, -0.2) is 0 Å². The molecule has 1 aromatic rings. The summed E-state index contributed by atoms with van der Waals surface area (Å²) >= 11 is 0. The summed E-state index contributed by atoms with van der Waals surface area (Å²) < 4.78 is 5.26. The van der Waals surface area contributed by atoms with Gasteiger partial charge in [-0.15, -0.1) is 0 Å². The lowest BCUT2D eigenvalue weighted by atomic mass is 10.1. The standard InChI is InChI=1S/C13H21N5O.C5H12.C4H9N.C2H6/c1-17-6-3-10-11(9-17)15-13(19-2)16-12(10)18-7-4-14-5-8-18;1-3-5-4-2;1-2-4-5-3-1;1-2/h14H,3-9H2,1-2H3;3-5H2,1-2H3;5H,1-4H2;1-2H3. The topological polar surface area (TPSA) is 65.5 Å². The number of anilines is 1. The van der Waals surface area contributed by atoms with Crippen LogP contribution in [0.25, 0.3) is 0 Å². The minimum absolute atomic E-state index is 0.489. The molecular formula is C24H48N6O. The van der Waals surface area contributed by atoms with Crippen LogP contribution in [0.5, 0.6) is 6.01 Å². The molecule has 0 bridgehead atoms. The molecule has 3 aliphatic rings. The molecule has 0 aromatic carbocycles. The van der Waals surface area contributed by atoms with Crippen molar-refractivity contribution in [1.29, 1.82) is 0 Å². The molecule has 1 aromatic heterocycles. The molecule has 0 atom stereocenters. The van der Waals surface area contributed by atoms with Gasteiger partial charge in [0, 0.05) is 44.8 Å². The lowest BCUT2D eigenvalue weighted by Crippen LogP contribution is -2.45. The second-order valence-electron chi connectivity index (χ2n) is 7.99. The lowest BCUT2D eigenvalue weighted by molar-refractivity contribution is 0.300. The fourth-order valence-electron chi connectivity index (χ4n) is 3.73. The molecule has 2 N–H and O–H groups in total. The van der Waals surface area contributed by atoms with Gasteiger partial charge in [-0.1, -0.05) is 47.0 Å². The van der Waals surface area contributed by atoms with E-state index in [1.54, 1.807) is 7.11 Å². The molecule has 0 saturated carbocycles. The number of aromatic nitrogens is 2. The number of hydrogen-bond acceptors (Lipinski definition) is 7. The van der Waals surface area contributed by atoms with Crippen molar-refractivity contribution in [2.45, 2.75) is 72.8 Å². The van der Waals surface area contributed by atoms with Crippen LogP contribution < -0.4 is 20.3 Å². The first-order valence-corrected chi connectivity index (χ1v) is 12.5. The van der Waals surface area contributed by atoms with Gasteiger partial charge < -0.3 is 25.2 Å². The van der Waals surface area contributed by atoms with Gasteiger partial charge in [0.25, 0.3) is 0 Å². The Hall–Kier alpha value is -1.44. The predicted molar refractivity (Wildman–Crippen MR) is 132 cm³/mol. The third kappa shape index (κ3) is 10.1. The third-order valence-corrected chi connectivity index (χ3v) is 5.48. The summed E-state index contributed by atoms with van der Waals surface area (Å²) in [5.74, 6) is 1.08. The molecule has 31 heavy (non-hydrogen) atoms. The van der Waals surface area contributed by atoms with E-state index in [1.165, 1.54) is 50.8 Å². The first-order chi connectivity index (χ1) is 15.2. The van der Waals surface area contributed by atoms with Crippen molar-refractivity contribution < 1.29 is 4.74 Å². The number of methoxy groups -OCH3 is 1. The minimum atomic E-state index is 0.489. The SMILES string of the molecule is C1CCNC1.CC.CCCCC.COc1nc2c(c(N3CCNCC3)n1)CCN(C)C2. The average Bonchev–Trinajstić information content (AvgIpc) is 3.41. The Morgan fingerprint density at radius 1 is 0.903 bits per heavy atom. The van der Waals surface area contributed by atoms with Crippen LogP contribution in [0.2, 0.25) is 0 Å². The first-order valence-electron chi connectivity index (χ1n) is 12.5. The fraction of sp³-hybridized carbons (Fsp3) is 0.833. The van der Waals surface area contributed by atoms with E-state index in [2.05, 4.69) is 51.3 Å². The monoisotopic (exact) mass is 436 g/mol. The number of piperazine rings is 1. The fourth-order valence-corrected chi connectivity index (χ4v) is 3.73. The number of fused-ring (bicyclic) bond motifs is 1. The highest BCUT2D eigenvalue weighted by atomic mass is 16.5. The normalized spacial score (nSPS) is 17.8. The van der Waals surface area contributed by atoms with Gasteiger partial charge in [-0.3, -0.25) is 0 Å². The molecule has 2 saturated heterocycles. The zero-order valence-electron chi connectivity index (χ0n) is 21.1. The van der Waals surface area contributed by atoms with Crippen LogP contribution in [0.3, 0.4) is 0 Å². The zero-order chi connectivity index (χ0) is 22.9. The molecule has 0 spiro atoms. The Labute approximate surface area is 191 Å². The molecule has 4 rings (SSSR count). The van der Waals surface area contributed by atoms with Crippen LogP contribution in [0.4, 0.5) is 5.82 Å². The van der Waals surface area contributed by atoms with Gasteiger partial charge in [0.2, 0.25) is 0 Å². The first kappa shape index (κ1) is 27.6. The smallest absolute Gasteiger partial charge is 0.318 e. The molecule has 0 aliphatic carbocycles. The number of nitrogens with zero attached hydrogens (tertiary/aromatic N) is 4. The Kier molecular flexibility index (Phi) is 15.3. The maximum Gasteiger partial charge on any atom is 0.318 e. The van der Waals surface area contributed by atoms with Crippen molar-refractivity contribution in [2.75, 3.05) is 64.9 Å². The Morgan fingerprint density at radius 3 is 2.00 bits per heavy atom. The molecule has 2 fully saturated rings. The van der Waals surface area contributed by atoms with Gasteiger partial charge >= 0.3 is 6.01 Å². The van der Waals surface area contributed by atoms with Crippen LogP contribution in [0, 0.1) is 0 Å². The van der Waals surface area contributed by atoms with Crippen molar-refractivity contribution in [2.24, 2.45) is 0 Å². The summed E-state index contributed by atoms with van der Waals surface area (Å²) in [6.07, 6.45) is 7.88. The maximum absolute atomic E-state index is 5.26. The number of ether oxygens (including phenoxy) is 1.